The van der Waals surface area contributed by atoms with E-state index in [4.69, 9.17) is 14.8 Å². The number of allylic oxidation sites excluding steroid dienone is 11. The summed E-state index contributed by atoms with van der Waals surface area (Å²) < 4.78 is 21.9. The summed E-state index contributed by atoms with van der Waals surface area (Å²) in [5, 5.41) is 13.5. The Hall–Kier alpha value is -2.06. The van der Waals surface area contributed by atoms with Crippen LogP contribution < -0.4 is 11.1 Å². The summed E-state index contributed by atoms with van der Waals surface area (Å²) in [7, 11) is -4.36. The Labute approximate surface area is 287 Å². The first kappa shape index (κ1) is 44.9. The normalized spacial score (nSPS) is 15.3. The number of rotatable bonds is 32. The van der Waals surface area contributed by atoms with E-state index in [1.807, 2.05) is 18.2 Å². The number of phosphoric acid groups is 1. The molecule has 5 N–H and O–H groups in total. The lowest BCUT2D eigenvalue weighted by molar-refractivity contribution is -0.122. The summed E-state index contributed by atoms with van der Waals surface area (Å²) in [5.41, 5.74) is 5.34. The number of amides is 1. The molecule has 3 unspecified atom stereocenters. The van der Waals surface area contributed by atoms with Crippen molar-refractivity contribution in [1.29, 1.82) is 0 Å². The summed E-state index contributed by atoms with van der Waals surface area (Å²) >= 11 is 0. The fraction of sp³-hybridized carbons (Fsp3) is 0.658. The highest BCUT2D eigenvalue weighted by molar-refractivity contribution is 7.47. The number of hydrogen-bond donors (Lipinski definition) is 4. The van der Waals surface area contributed by atoms with Crippen LogP contribution in [0.4, 0.5) is 0 Å². The van der Waals surface area contributed by atoms with Crippen LogP contribution >= 0.6 is 7.82 Å². The fourth-order valence-electron chi connectivity index (χ4n) is 4.57. The van der Waals surface area contributed by atoms with Crippen molar-refractivity contribution in [2.75, 3.05) is 19.8 Å². The van der Waals surface area contributed by atoms with Crippen molar-refractivity contribution in [2.24, 2.45) is 5.73 Å². The SMILES string of the molecule is CC/C=C\C/C=C\C/C=C\C/C=C\CCC(=O)NC(COP(=O)(O)OCCN)C(O)/C=C/CC/C=C/CCCCCCCCCCC. The predicted octanol–water partition coefficient (Wildman–Crippen LogP) is 9.32. The van der Waals surface area contributed by atoms with Gasteiger partial charge in [0, 0.05) is 13.0 Å². The van der Waals surface area contributed by atoms with E-state index in [1.54, 1.807) is 6.08 Å². The van der Waals surface area contributed by atoms with Crippen LogP contribution in [0.1, 0.15) is 129 Å². The van der Waals surface area contributed by atoms with E-state index in [1.165, 1.54) is 57.8 Å². The minimum Gasteiger partial charge on any atom is -0.387 e. The first-order valence-corrected chi connectivity index (χ1v) is 19.6. The van der Waals surface area contributed by atoms with E-state index in [0.29, 0.717) is 6.42 Å². The Morgan fingerprint density at radius 1 is 0.723 bits per heavy atom. The van der Waals surface area contributed by atoms with Gasteiger partial charge in [0.2, 0.25) is 5.91 Å². The van der Waals surface area contributed by atoms with Gasteiger partial charge in [-0.3, -0.25) is 13.8 Å². The lowest BCUT2D eigenvalue weighted by atomic mass is 10.1. The van der Waals surface area contributed by atoms with Crippen molar-refractivity contribution < 1.29 is 28.4 Å². The van der Waals surface area contributed by atoms with Gasteiger partial charge in [0.25, 0.3) is 0 Å². The third kappa shape index (κ3) is 32.3. The molecule has 0 heterocycles. The molecule has 0 aliphatic rings. The molecular weight excluding hydrogens is 611 g/mol. The molecule has 0 radical (unpaired) electrons. The van der Waals surface area contributed by atoms with E-state index < -0.39 is 26.6 Å². The zero-order chi connectivity index (χ0) is 34.7. The number of phosphoric ester groups is 1. The van der Waals surface area contributed by atoms with Crippen LogP contribution in [0.3, 0.4) is 0 Å². The summed E-state index contributed by atoms with van der Waals surface area (Å²) in [4.78, 5) is 22.5. The number of carbonyl (C=O) groups is 1. The second-order valence-electron chi connectivity index (χ2n) is 11.7. The average molecular weight is 679 g/mol. The van der Waals surface area contributed by atoms with E-state index in [9.17, 15) is 19.4 Å². The molecule has 0 aliphatic carbocycles. The molecule has 8 nitrogen and oxygen atoms in total. The lowest BCUT2D eigenvalue weighted by Gasteiger charge is -2.23. The van der Waals surface area contributed by atoms with Crippen LogP contribution in [0.25, 0.3) is 0 Å². The van der Waals surface area contributed by atoms with Crippen molar-refractivity contribution in [3.8, 4) is 0 Å². The Morgan fingerprint density at radius 2 is 1.26 bits per heavy atom. The zero-order valence-electron chi connectivity index (χ0n) is 29.5. The summed E-state index contributed by atoms with van der Waals surface area (Å²) in [6.07, 6.45) is 42.5. The van der Waals surface area contributed by atoms with Gasteiger partial charge in [-0.15, -0.1) is 0 Å². The van der Waals surface area contributed by atoms with Crippen LogP contribution in [0, 0.1) is 0 Å². The van der Waals surface area contributed by atoms with E-state index in [2.05, 4.69) is 67.8 Å². The smallest absolute Gasteiger partial charge is 0.387 e. The molecule has 0 rings (SSSR count). The van der Waals surface area contributed by atoms with Gasteiger partial charge in [-0.25, -0.2) is 4.57 Å². The van der Waals surface area contributed by atoms with Gasteiger partial charge in [-0.05, 0) is 57.8 Å². The fourth-order valence-corrected chi connectivity index (χ4v) is 5.33. The average Bonchev–Trinajstić information content (AvgIpc) is 3.05. The highest BCUT2D eigenvalue weighted by Gasteiger charge is 2.26. The molecule has 0 aromatic rings. The number of carbonyl (C=O) groups excluding carboxylic acids is 1. The highest BCUT2D eigenvalue weighted by atomic mass is 31.2. The molecule has 0 aliphatic heterocycles. The van der Waals surface area contributed by atoms with Crippen molar-refractivity contribution in [1.82, 2.24) is 5.32 Å². The molecule has 0 spiro atoms. The van der Waals surface area contributed by atoms with Gasteiger partial charge in [0.15, 0.2) is 0 Å². The molecule has 0 aromatic carbocycles. The maximum atomic E-state index is 12.6. The maximum absolute atomic E-state index is 12.6. The van der Waals surface area contributed by atoms with E-state index in [-0.39, 0.29) is 25.5 Å². The minimum absolute atomic E-state index is 0.0599. The second kappa shape index (κ2) is 33.8. The van der Waals surface area contributed by atoms with Gasteiger partial charge in [-0.2, -0.15) is 0 Å². The first-order valence-electron chi connectivity index (χ1n) is 18.1. The standard InChI is InChI=1S/C38H67N2O6P/c1-3-5-7-9-11-13-15-17-18-20-21-23-25-27-29-31-37(41)36(35-46-47(43,44)45-34-33-39)40-38(42)32-30-28-26-24-22-19-16-14-12-10-8-6-4-2/h6,8,12,14,19,21-23,26,28-29,31,36-37,41H,3-5,7,9-11,13,15-18,20,24-25,27,30,32-35,39H2,1-2H3,(H,40,42)(H,43,44)/b8-6-,14-12-,22-19-,23-21+,28-26-,31-29+. The van der Waals surface area contributed by atoms with Gasteiger partial charge in [0.05, 0.1) is 25.4 Å². The summed E-state index contributed by atoms with van der Waals surface area (Å²) in [6.45, 7) is 3.90. The Bertz CT molecular complexity index is 960. The third-order valence-corrected chi connectivity index (χ3v) is 8.26. The molecule has 0 saturated heterocycles. The van der Waals surface area contributed by atoms with Crippen molar-refractivity contribution >= 4 is 13.7 Å². The molecule has 0 fully saturated rings. The number of aliphatic hydroxyl groups is 1. The zero-order valence-corrected chi connectivity index (χ0v) is 30.4. The van der Waals surface area contributed by atoms with E-state index >= 15 is 0 Å². The number of unbranched alkanes of at least 4 members (excludes halogenated alkanes) is 10. The van der Waals surface area contributed by atoms with Crippen LogP contribution in [-0.4, -0.2) is 47.8 Å². The molecule has 3 atom stereocenters. The van der Waals surface area contributed by atoms with Gasteiger partial charge >= 0.3 is 7.82 Å². The Balaban J connectivity index is 4.54. The Kier molecular flexibility index (Phi) is 32.3. The second-order valence-corrected chi connectivity index (χ2v) is 13.1. The Morgan fingerprint density at radius 3 is 1.87 bits per heavy atom. The van der Waals surface area contributed by atoms with Gasteiger partial charge in [0.1, 0.15) is 0 Å². The lowest BCUT2D eigenvalue weighted by Crippen LogP contribution is -2.45. The molecular formula is C38H67N2O6P. The maximum Gasteiger partial charge on any atom is 0.472 e. The van der Waals surface area contributed by atoms with Crippen LogP contribution in [0.15, 0.2) is 72.9 Å². The quantitative estimate of drug-likeness (QED) is 0.0317. The van der Waals surface area contributed by atoms with Crippen molar-refractivity contribution in [3.63, 3.8) is 0 Å². The van der Waals surface area contributed by atoms with E-state index in [0.717, 1.165) is 44.9 Å². The van der Waals surface area contributed by atoms with Crippen molar-refractivity contribution in [3.05, 3.63) is 72.9 Å². The van der Waals surface area contributed by atoms with Crippen LogP contribution in [0.5, 0.6) is 0 Å². The van der Waals surface area contributed by atoms with Gasteiger partial charge in [-0.1, -0.05) is 138 Å². The van der Waals surface area contributed by atoms with Crippen molar-refractivity contribution in [2.45, 2.75) is 142 Å². The predicted molar refractivity (Wildman–Crippen MR) is 198 cm³/mol. The van der Waals surface area contributed by atoms with Gasteiger partial charge < -0.3 is 21.1 Å². The molecule has 0 bridgehead atoms. The number of nitrogens with two attached hydrogens (primary N) is 1. The minimum atomic E-state index is -4.36. The third-order valence-electron chi connectivity index (χ3n) is 7.28. The summed E-state index contributed by atoms with van der Waals surface area (Å²) in [5.74, 6) is -0.288. The molecule has 47 heavy (non-hydrogen) atoms. The molecule has 1 amide bonds. The van der Waals surface area contributed by atoms with Crippen LogP contribution in [-0.2, 0) is 18.4 Å². The monoisotopic (exact) mass is 678 g/mol. The number of nitrogens with one attached hydrogen (secondary N) is 1. The first-order chi connectivity index (χ1) is 22.9. The largest absolute Gasteiger partial charge is 0.472 e. The topological polar surface area (TPSA) is 131 Å². The highest BCUT2D eigenvalue weighted by Crippen LogP contribution is 2.43. The number of hydrogen-bond acceptors (Lipinski definition) is 6. The molecule has 9 heteroatoms. The molecule has 270 valence electrons. The molecule has 0 saturated carbocycles. The molecule has 0 aromatic heterocycles. The van der Waals surface area contributed by atoms with Crippen LogP contribution in [0.2, 0.25) is 0 Å². The number of aliphatic hydroxyl groups excluding tert-OH is 1. The summed E-state index contributed by atoms with van der Waals surface area (Å²) in [6, 6.07) is -0.916.